The van der Waals surface area contributed by atoms with Gasteiger partial charge in [-0.2, -0.15) is 23.5 Å². The van der Waals surface area contributed by atoms with Crippen LogP contribution in [-0.4, -0.2) is 40.4 Å². The molecule has 0 spiro atoms. The second-order valence-corrected chi connectivity index (χ2v) is 8.43. The fourth-order valence-electron chi connectivity index (χ4n) is 3.15. The van der Waals surface area contributed by atoms with E-state index in [9.17, 15) is 27.2 Å². The second-order valence-electron chi connectivity index (χ2n) is 8.43. The second kappa shape index (κ2) is 9.97. The molecule has 2 rings (SSSR count). The Balaban J connectivity index is 2.32. The molecule has 1 aromatic heterocycles. The predicted octanol–water partition coefficient (Wildman–Crippen LogP) is 3.69. The molecule has 2 aromatic rings. The van der Waals surface area contributed by atoms with Gasteiger partial charge in [-0.3, -0.25) is 14.3 Å². The standard InChI is InChI=1S/C21H25F4N5O2/c1-20(2,3)17(19(32)27-12-21(23,24)25)28-18(31)15-13-8-7-9-14(22)16(13)30(29-15)11-6-4-5-10-26/h7-9,17H,4-6,11-12H2,1-3H3,(H,27,32)(H,28,31). The smallest absolute Gasteiger partial charge is 0.345 e. The van der Waals surface area contributed by atoms with Crippen LogP contribution in [0.5, 0.6) is 0 Å². The van der Waals surface area contributed by atoms with Crippen molar-refractivity contribution in [1.29, 1.82) is 5.26 Å². The maximum atomic E-state index is 14.5. The van der Waals surface area contributed by atoms with Gasteiger partial charge < -0.3 is 10.6 Å². The molecule has 0 aliphatic rings. The van der Waals surface area contributed by atoms with E-state index in [1.54, 1.807) is 26.1 Å². The molecule has 7 nitrogen and oxygen atoms in total. The summed E-state index contributed by atoms with van der Waals surface area (Å²) in [5.74, 6) is -2.39. The maximum Gasteiger partial charge on any atom is 0.405 e. The number of rotatable bonds is 8. The number of carbonyl (C=O) groups excluding carboxylic acids is 2. The number of nitriles is 1. The fourth-order valence-corrected chi connectivity index (χ4v) is 3.15. The van der Waals surface area contributed by atoms with E-state index >= 15 is 0 Å². The summed E-state index contributed by atoms with van der Waals surface area (Å²) in [6.07, 6.45) is -3.17. The van der Waals surface area contributed by atoms with Crippen molar-refractivity contribution in [2.24, 2.45) is 5.41 Å². The molecule has 32 heavy (non-hydrogen) atoms. The summed E-state index contributed by atoms with van der Waals surface area (Å²) in [6, 6.07) is 4.86. The number of alkyl halides is 3. The summed E-state index contributed by atoms with van der Waals surface area (Å²) in [4.78, 5) is 25.4. The molecular weight excluding hydrogens is 430 g/mol. The third-order valence-corrected chi connectivity index (χ3v) is 4.71. The molecule has 2 N–H and O–H groups in total. The number of carbonyl (C=O) groups is 2. The minimum atomic E-state index is -4.60. The van der Waals surface area contributed by atoms with Crippen LogP contribution in [-0.2, 0) is 11.3 Å². The Labute approximate surface area is 182 Å². The van der Waals surface area contributed by atoms with Crippen LogP contribution in [0.3, 0.4) is 0 Å². The number of para-hydroxylation sites is 1. The zero-order chi connectivity index (χ0) is 24.1. The van der Waals surface area contributed by atoms with Crippen LogP contribution in [0.2, 0.25) is 0 Å². The number of amides is 2. The average molecular weight is 455 g/mol. The van der Waals surface area contributed by atoms with Crippen molar-refractivity contribution in [3.05, 3.63) is 29.7 Å². The highest BCUT2D eigenvalue weighted by atomic mass is 19.4. The summed E-state index contributed by atoms with van der Waals surface area (Å²) in [5.41, 5.74) is -0.951. The largest absolute Gasteiger partial charge is 0.405 e. The van der Waals surface area contributed by atoms with Crippen molar-refractivity contribution in [3.63, 3.8) is 0 Å². The third kappa shape index (κ3) is 6.42. The van der Waals surface area contributed by atoms with E-state index < -0.39 is 41.8 Å². The van der Waals surface area contributed by atoms with Crippen LogP contribution in [0.15, 0.2) is 18.2 Å². The number of hydrogen-bond acceptors (Lipinski definition) is 4. The first-order valence-corrected chi connectivity index (χ1v) is 10.0. The number of aryl methyl sites for hydroxylation is 1. The number of nitrogens with one attached hydrogen (secondary N) is 2. The molecule has 1 unspecified atom stereocenters. The summed E-state index contributed by atoms with van der Waals surface area (Å²) in [6.45, 7) is 3.52. The first-order chi connectivity index (χ1) is 14.8. The van der Waals surface area contributed by atoms with E-state index in [1.165, 1.54) is 22.9 Å². The normalized spacial score (nSPS) is 12.9. The van der Waals surface area contributed by atoms with Gasteiger partial charge in [0.1, 0.15) is 23.9 Å². The number of halogens is 4. The maximum absolute atomic E-state index is 14.5. The van der Waals surface area contributed by atoms with E-state index in [0.717, 1.165) is 0 Å². The van der Waals surface area contributed by atoms with Crippen LogP contribution in [0, 0.1) is 22.6 Å². The highest BCUT2D eigenvalue weighted by Gasteiger charge is 2.36. The van der Waals surface area contributed by atoms with Crippen molar-refractivity contribution in [3.8, 4) is 6.07 Å². The topological polar surface area (TPSA) is 99.8 Å². The molecule has 1 heterocycles. The lowest BCUT2D eigenvalue weighted by Crippen LogP contribution is -2.54. The first-order valence-electron chi connectivity index (χ1n) is 10.0. The highest BCUT2D eigenvalue weighted by Crippen LogP contribution is 2.25. The minimum absolute atomic E-state index is 0.100. The van der Waals surface area contributed by atoms with Crippen molar-refractivity contribution in [2.75, 3.05) is 6.54 Å². The van der Waals surface area contributed by atoms with Crippen LogP contribution in [0.1, 0.15) is 50.5 Å². The van der Waals surface area contributed by atoms with Crippen LogP contribution in [0.4, 0.5) is 17.6 Å². The Morgan fingerprint density at radius 2 is 1.91 bits per heavy atom. The number of unbranched alkanes of at least 4 members (excludes halogenated alkanes) is 2. The van der Waals surface area contributed by atoms with Crippen molar-refractivity contribution in [1.82, 2.24) is 20.4 Å². The molecule has 0 radical (unpaired) electrons. The average Bonchev–Trinajstić information content (AvgIpc) is 3.06. The number of nitrogens with zero attached hydrogens (tertiary/aromatic N) is 3. The molecule has 0 fully saturated rings. The van der Waals surface area contributed by atoms with E-state index in [1.807, 2.05) is 6.07 Å². The molecule has 0 bridgehead atoms. The molecule has 1 atom stereocenters. The molecule has 174 valence electrons. The summed E-state index contributed by atoms with van der Waals surface area (Å²) in [5, 5.41) is 17.3. The van der Waals surface area contributed by atoms with Crippen molar-refractivity contribution < 1.29 is 27.2 Å². The quantitative estimate of drug-likeness (QED) is 0.468. The molecule has 0 saturated carbocycles. The zero-order valence-corrected chi connectivity index (χ0v) is 18.0. The lowest BCUT2D eigenvalue weighted by Gasteiger charge is -2.30. The van der Waals surface area contributed by atoms with Gasteiger partial charge in [0.25, 0.3) is 5.91 Å². The summed E-state index contributed by atoms with van der Waals surface area (Å²) in [7, 11) is 0. The number of hydrogen-bond donors (Lipinski definition) is 2. The monoisotopic (exact) mass is 455 g/mol. The molecule has 0 aliphatic heterocycles. The first kappa shape index (κ1) is 25.1. The molecule has 0 aliphatic carbocycles. The van der Waals surface area contributed by atoms with Gasteiger partial charge in [0.05, 0.1) is 6.07 Å². The summed E-state index contributed by atoms with van der Waals surface area (Å²) >= 11 is 0. The number of aromatic nitrogens is 2. The van der Waals surface area contributed by atoms with Gasteiger partial charge in [-0.1, -0.05) is 32.9 Å². The van der Waals surface area contributed by atoms with Crippen molar-refractivity contribution >= 4 is 22.7 Å². The summed E-state index contributed by atoms with van der Waals surface area (Å²) < 4.78 is 53.3. The fraction of sp³-hybridized carbons (Fsp3) is 0.524. The van der Waals surface area contributed by atoms with Crippen LogP contribution in [0.25, 0.3) is 10.9 Å². The Bertz CT molecular complexity index is 1020. The number of benzene rings is 1. The zero-order valence-electron chi connectivity index (χ0n) is 18.0. The Hall–Kier alpha value is -3.16. The lowest BCUT2D eigenvalue weighted by atomic mass is 9.86. The Morgan fingerprint density at radius 1 is 1.22 bits per heavy atom. The van der Waals surface area contributed by atoms with E-state index in [2.05, 4.69) is 10.4 Å². The van der Waals surface area contributed by atoms with Gasteiger partial charge in [-0.05, 0) is 24.3 Å². The molecule has 1 aromatic carbocycles. The van der Waals surface area contributed by atoms with Crippen molar-refractivity contribution in [2.45, 2.75) is 58.8 Å². The highest BCUT2D eigenvalue weighted by molar-refractivity contribution is 6.06. The molecule has 2 amide bonds. The van der Waals surface area contributed by atoms with E-state index in [4.69, 9.17) is 5.26 Å². The van der Waals surface area contributed by atoms with E-state index in [0.29, 0.717) is 19.3 Å². The third-order valence-electron chi connectivity index (χ3n) is 4.71. The molecular formula is C21H25F4N5O2. The van der Waals surface area contributed by atoms with Gasteiger partial charge in [-0.15, -0.1) is 0 Å². The van der Waals surface area contributed by atoms with Crippen LogP contribution >= 0.6 is 0 Å². The predicted molar refractivity (Wildman–Crippen MR) is 109 cm³/mol. The van der Waals surface area contributed by atoms with Crippen LogP contribution < -0.4 is 10.6 Å². The minimum Gasteiger partial charge on any atom is -0.345 e. The van der Waals surface area contributed by atoms with Gasteiger partial charge in [0, 0.05) is 18.4 Å². The SMILES string of the molecule is CC(C)(C)C(NC(=O)c1nn(CCCCC#N)c2c(F)cccc12)C(=O)NCC(F)(F)F. The molecule has 0 saturated heterocycles. The van der Waals surface area contributed by atoms with Gasteiger partial charge in [0.2, 0.25) is 5.91 Å². The van der Waals surface area contributed by atoms with Gasteiger partial charge in [0.15, 0.2) is 5.69 Å². The number of fused-ring (bicyclic) bond motifs is 1. The van der Waals surface area contributed by atoms with E-state index in [-0.39, 0.29) is 23.1 Å². The van der Waals surface area contributed by atoms with Gasteiger partial charge in [-0.25, -0.2) is 4.39 Å². The Morgan fingerprint density at radius 3 is 2.50 bits per heavy atom. The lowest BCUT2D eigenvalue weighted by molar-refractivity contribution is -0.140. The van der Waals surface area contributed by atoms with Gasteiger partial charge >= 0.3 is 6.18 Å². The Kier molecular flexibility index (Phi) is 7.83. The molecule has 11 heteroatoms.